The molecule has 2 rings (SSSR count). The minimum Gasteiger partial charge on any atom is -0.446 e. The van der Waals surface area contributed by atoms with Crippen molar-refractivity contribution < 1.29 is 27.5 Å². The first kappa shape index (κ1) is 14.1. The summed E-state index contributed by atoms with van der Waals surface area (Å²) in [6.45, 7) is -0.0750. The lowest BCUT2D eigenvalue weighted by atomic mass is 10.1. The number of halogens is 3. The van der Waals surface area contributed by atoms with Gasteiger partial charge in [-0.3, -0.25) is 4.79 Å². The van der Waals surface area contributed by atoms with E-state index in [0.717, 1.165) is 0 Å². The van der Waals surface area contributed by atoms with Crippen molar-refractivity contribution in [1.82, 2.24) is 4.90 Å². The largest absolute Gasteiger partial charge is 0.446 e. The smallest absolute Gasteiger partial charge is 0.417 e. The minimum absolute atomic E-state index is 0.0750. The van der Waals surface area contributed by atoms with Crippen molar-refractivity contribution in [2.45, 2.75) is 12.2 Å². The molecule has 0 saturated carbocycles. The summed E-state index contributed by atoms with van der Waals surface area (Å²) in [4.78, 5) is 23.9. The van der Waals surface area contributed by atoms with E-state index in [4.69, 9.17) is 4.74 Å². The Morgan fingerprint density at radius 3 is 2.55 bits per heavy atom. The zero-order chi connectivity index (χ0) is 14.8. The quantitative estimate of drug-likeness (QED) is 0.785. The number of ether oxygens (including phenoxy) is 1. The number of cyclic esters (lactones) is 1. The van der Waals surface area contributed by atoms with Gasteiger partial charge in [0.2, 0.25) is 0 Å². The van der Waals surface area contributed by atoms with Crippen LogP contribution in [0.3, 0.4) is 0 Å². The van der Waals surface area contributed by atoms with Gasteiger partial charge in [0.15, 0.2) is 0 Å². The maximum Gasteiger partial charge on any atom is 0.417 e. The molecule has 0 radical (unpaired) electrons. The topological polar surface area (TPSA) is 46.6 Å². The highest BCUT2D eigenvalue weighted by Crippen LogP contribution is 2.28. The molecule has 2 amide bonds. The third kappa shape index (κ3) is 3.17. The first-order valence-corrected chi connectivity index (χ1v) is 5.69. The second kappa shape index (κ2) is 5.36. The molecule has 0 bridgehead atoms. The van der Waals surface area contributed by atoms with Crippen LogP contribution >= 0.6 is 0 Å². The normalized spacial score (nSPS) is 19.4. The number of carbonyl (C=O) groups is 2. The molecule has 20 heavy (non-hydrogen) atoms. The summed E-state index contributed by atoms with van der Waals surface area (Å²) in [6.07, 6.45) is -5.44. The molecule has 106 valence electrons. The third-order valence-electron chi connectivity index (χ3n) is 2.71. The van der Waals surface area contributed by atoms with E-state index in [2.05, 4.69) is 0 Å². The fourth-order valence-corrected chi connectivity index (χ4v) is 1.83. The van der Waals surface area contributed by atoms with Gasteiger partial charge in [0.1, 0.15) is 12.6 Å². The van der Waals surface area contributed by atoms with E-state index >= 15 is 0 Å². The molecule has 7 heteroatoms. The number of allylic oxidation sites excluding steroid dienone is 1. The highest BCUT2D eigenvalue weighted by atomic mass is 19.4. The predicted octanol–water partition coefficient (Wildman–Crippen LogP) is 2.83. The monoisotopic (exact) mass is 285 g/mol. The second-order valence-electron chi connectivity index (χ2n) is 4.09. The van der Waals surface area contributed by atoms with Gasteiger partial charge < -0.3 is 4.74 Å². The van der Waals surface area contributed by atoms with E-state index in [1.165, 1.54) is 0 Å². The average Bonchev–Trinajstić information content (AvgIpc) is 2.78. The standard InChI is InChI=1S/C13H10F3NO3/c14-13(15,16)7-6-11(18)17-10(8-20-12(17)19)9-4-2-1-3-5-9/h1-7,10H,8H2/b7-6+/t10-/m0/s1. The van der Waals surface area contributed by atoms with Gasteiger partial charge in [0, 0.05) is 12.2 Å². The number of nitrogens with zero attached hydrogens (tertiary/aromatic N) is 1. The number of benzene rings is 1. The van der Waals surface area contributed by atoms with Crippen LogP contribution in [0, 0.1) is 0 Å². The van der Waals surface area contributed by atoms with Crippen molar-refractivity contribution in [3.8, 4) is 0 Å². The van der Waals surface area contributed by atoms with Crippen LogP contribution in [0.5, 0.6) is 0 Å². The van der Waals surface area contributed by atoms with Crippen LogP contribution in [0.2, 0.25) is 0 Å². The van der Waals surface area contributed by atoms with Gasteiger partial charge in [-0.2, -0.15) is 13.2 Å². The van der Waals surface area contributed by atoms with Gasteiger partial charge in [0.05, 0.1) is 0 Å². The molecule has 1 atom stereocenters. The molecule has 0 unspecified atom stereocenters. The number of hydrogen-bond donors (Lipinski definition) is 0. The van der Waals surface area contributed by atoms with E-state index in [1.807, 2.05) is 0 Å². The molecule has 4 nitrogen and oxygen atoms in total. The number of amides is 2. The Morgan fingerprint density at radius 1 is 1.30 bits per heavy atom. The molecule has 0 N–H and O–H groups in total. The summed E-state index contributed by atoms with van der Waals surface area (Å²) < 4.78 is 40.9. The van der Waals surface area contributed by atoms with Crippen LogP contribution < -0.4 is 0 Å². The molecule has 1 heterocycles. The van der Waals surface area contributed by atoms with E-state index in [1.54, 1.807) is 30.3 Å². The summed E-state index contributed by atoms with van der Waals surface area (Å²) in [5.41, 5.74) is 0.618. The summed E-state index contributed by atoms with van der Waals surface area (Å²) >= 11 is 0. The van der Waals surface area contributed by atoms with E-state index in [0.29, 0.717) is 16.5 Å². The first-order chi connectivity index (χ1) is 9.38. The van der Waals surface area contributed by atoms with Gasteiger partial charge in [-0.25, -0.2) is 9.69 Å². The molecular weight excluding hydrogens is 275 g/mol. The fourth-order valence-electron chi connectivity index (χ4n) is 1.83. The van der Waals surface area contributed by atoms with Crippen molar-refractivity contribution in [3.05, 3.63) is 48.0 Å². The molecule has 0 aliphatic carbocycles. The second-order valence-corrected chi connectivity index (χ2v) is 4.09. The van der Waals surface area contributed by atoms with Crippen LogP contribution in [0.25, 0.3) is 0 Å². The molecule has 1 aliphatic heterocycles. The van der Waals surface area contributed by atoms with Crippen LogP contribution in [0.1, 0.15) is 11.6 Å². The van der Waals surface area contributed by atoms with Gasteiger partial charge in [-0.1, -0.05) is 30.3 Å². The summed E-state index contributed by atoms with van der Waals surface area (Å²) in [5.74, 6) is -1.06. The van der Waals surface area contributed by atoms with Crippen LogP contribution in [0.15, 0.2) is 42.5 Å². The van der Waals surface area contributed by atoms with Crippen molar-refractivity contribution >= 4 is 12.0 Å². The average molecular weight is 285 g/mol. The molecule has 1 saturated heterocycles. The predicted molar refractivity (Wildman–Crippen MR) is 62.6 cm³/mol. The molecule has 1 fully saturated rings. The number of rotatable bonds is 2. The lowest BCUT2D eigenvalue weighted by Crippen LogP contribution is -2.33. The van der Waals surface area contributed by atoms with Crippen molar-refractivity contribution in [3.63, 3.8) is 0 Å². The highest BCUT2D eigenvalue weighted by Gasteiger charge is 2.38. The number of hydrogen-bond acceptors (Lipinski definition) is 3. The molecule has 0 spiro atoms. The minimum atomic E-state index is -4.61. The molecule has 1 aliphatic rings. The van der Waals surface area contributed by atoms with E-state index in [-0.39, 0.29) is 12.7 Å². The zero-order valence-corrected chi connectivity index (χ0v) is 10.1. The maximum atomic E-state index is 12.0. The van der Waals surface area contributed by atoms with Crippen molar-refractivity contribution in [2.24, 2.45) is 0 Å². The van der Waals surface area contributed by atoms with Gasteiger partial charge in [-0.05, 0) is 5.56 Å². The summed E-state index contributed by atoms with van der Waals surface area (Å²) in [6, 6.07) is 7.77. The number of carbonyl (C=O) groups excluding carboxylic acids is 2. The Hall–Kier alpha value is -2.31. The highest BCUT2D eigenvalue weighted by molar-refractivity contribution is 6.00. The van der Waals surface area contributed by atoms with Crippen molar-refractivity contribution in [2.75, 3.05) is 6.61 Å². The fraction of sp³-hybridized carbons (Fsp3) is 0.231. The Labute approximate surface area is 112 Å². The summed E-state index contributed by atoms with van der Waals surface area (Å²) in [7, 11) is 0. The summed E-state index contributed by atoms with van der Waals surface area (Å²) in [5, 5.41) is 0. The number of imide groups is 1. The van der Waals surface area contributed by atoms with E-state index in [9.17, 15) is 22.8 Å². The van der Waals surface area contributed by atoms with E-state index < -0.39 is 24.2 Å². The SMILES string of the molecule is O=C(/C=C/C(F)(F)F)N1C(=O)OC[C@H]1c1ccccc1. The molecule has 1 aromatic rings. The molecule has 1 aromatic carbocycles. The number of alkyl halides is 3. The Bertz CT molecular complexity index is 540. The van der Waals surface area contributed by atoms with Gasteiger partial charge in [0.25, 0.3) is 5.91 Å². The third-order valence-corrected chi connectivity index (χ3v) is 2.71. The lowest BCUT2D eigenvalue weighted by Gasteiger charge is -2.18. The van der Waals surface area contributed by atoms with Gasteiger partial charge >= 0.3 is 12.3 Å². The first-order valence-electron chi connectivity index (χ1n) is 5.69. The van der Waals surface area contributed by atoms with Crippen molar-refractivity contribution in [1.29, 1.82) is 0 Å². The Kier molecular flexibility index (Phi) is 3.78. The van der Waals surface area contributed by atoms with Crippen LogP contribution in [-0.4, -0.2) is 29.7 Å². The van der Waals surface area contributed by atoms with Crippen LogP contribution in [-0.2, 0) is 9.53 Å². The Morgan fingerprint density at radius 2 is 1.95 bits per heavy atom. The zero-order valence-electron chi connectivity index (χ0n) is 10.1. The van der Waals surface area contributed by atoms with Gasteiger partial charge in [-0.15, -0.1) is 0 Å². The molecule has 0 aromatic heterocycles. The van der Waals surface area contributed by atoms with Crippen LogP contribution in [0.4, 0.5) is 18.0 Å². The lowest BCUT2D eigenvalue weighted by molar-refractivity contribution is -0.125. The maximum absolute atomic E-state index is 12.0. The Balaban J connectivity index is 2.21. The molecular formula is C13H10F3NO3.